The Kier molecular flexibility index (Phi) is 11.2. The van der Waals surface area contributed by atoms with E-state index < -0.39 is 17.9 Å². The fraction of sp³-hybridized carbons (Fsp3) is 0.349. The molecule has 4 aromatic rings. The van der Waals surface area contributed by atoms with E-state index in [1.54, 1.807) is 0 Å². The van der Waals surface area contributed by atoms with Gasteiger partial charge in [0, 0.05) is 43.3 Å². The fourth-order valence-corrected chi connectivity index (χ4v) is 7.77. The van der Waals surface area contributed by atoms with Crippen LogP contribution in [0.4, 0.5) is 10.5 Å². The standard InChI is InChI=1S/C43H48N4O6/c1-3-24-51-42(50)44-26-32-8-7-9-36(25-32)33-16-18-35(19-17-33)40-52-38(30(2)39(53-40)34-14-12-31(28-48)13-15-34)27-46-22-20-43(21-23-46)41(49)45-29-47(43)37-10-5-4-6-11-37/h3-19,25,30,38-40,48H,1,20-24,26-29H2,2H3,(H,44,50)(H,45,49)/t30-,38+,39+,40+/m1/s1. The van der Waals surface area contributed by atoms with Gasteiger partial charge in [-0.25, -0.2) is 4.79 Å². The Bertz CT molecular complexity index is 1860. The lowest BCUT2D eigenvalue weighted by Crippen LogP contribution is -2.57. The van der Waals surface area contributed by atoms with Crippen LogP contribution in [0.1, 0.15) is 54.4 Å². The second-order valence-electron chi connectivity index (χ2n) is 14.1. The van der Waals surface area contributed by atoms with Crippen molar-refractivity contribution < 1.29 is 28.9 Å². The summed E-state index contributed by atoms with van der Waals surface area (Å²) in [6, 6.07) is 34.5. The maximum Gasteiger partial charge on any atom is 0.407 e. The number of hydrogen-bond donors (Lipinski definition) is 3. The summed E-state index contributed by atoms with van der Waals surface area (Å²) >= 11 is 0. The van der Waals surface area contributed by atoms with Crippen LogP contribution in [0.3, 0.4) is 0 Å². The lowest BCUT2D eigenvalue weighted by atomic mass is 9.84. The number of nitrogens with zero attached hydrogens (tertiary/aromatic N) is 2. The molecule has 4 atom stereocenters. The first kappa shape index (κ1) is 36.4. The summed E-state index contributed by atoms with van der Waals surface area (Å²) in [7, 11) is 0. The zero-order chi connectivity index (χ0) is 36.8. The van der Waals surface area contributed by atoms with Gasteiger partial charge in [0.25, 0.3) is 0 Å². The topological polar surface area (TPSA) is 113 Å². The van der Waals surface area contributed by atoms with Gasteiger partial charge >= 0.3 is 6.09 Å². The van der Waals surface area contributed by atoms with E-state index in [0.29, 0.717) is 13.2 Å². The fourth-order valence-electron chi connectivity index (χ4n) is 7.77. The average molecular weight is 717 g/mol. The number of benzene rings is 4. The largest absolute Gasteiger partial charge is 0.445 e. The Balaban J connectivity index is 1.06. The summed E-state index contributed by atoms with van der Waals surface area (Å²) in [5.74, 6) is 0.154. The lowest BCUT2D eigenvalue weighted by molar-refractivity contribution is -0.276. The number of ether oxygens (including phenoxy) is 3. The Hall–Kier alpha value is -5.00. The molecule has 3 N–H and O–H groups in total. The Morgan fingerprint density at radius 2 is 1.68 bits per heavy atom. The molecule has 10 nitrogen and oxygen atoms in total. The van der Waals surface area contributed by atoms with Crippen LogP contribution in [0, 0.1) is 5.92 Å². The van der Waals surface area contributed by atoms with Crippen LogP contribution in [-0.2, 0) is 32.2 Å². The first-order valence-electron chi connectivity index (χ1n) is 18.4. The number of carbonyl (C=O) groups excluding carboxylic acids is 2. The van der Waals surface area contributed by atoms with E-state index in [9.17, 15) is 14.7 Å². The first-order chi connectivity index (χ1) is 25.9. The molecule has 3 aliphatic heterocycles. The molecule has 0 bridgehead atoms. The van der Waals surface area contributed by atoms with Crippen LogP contribution < -0.4 is 15.5 Å². The minimum atomic E-state index is -0.588. The number of piperidine rings is 1. The molecule has 0 aliphatic carbocycles. The molecule has 3 saturated heterocycles. The van der Waals surface area contributed by atoms with Gasteiger partial charge in [-0.2, -0.15) is 0 Å². The minimum absolute atomic E-state index is 0.0140. The Labute approximate surface area is 311 Å². The molecule has 3 aliphatic rings. The number of anilines is 1. The van der Waals surface area contributed by atoms with Crippen LogP contribution in [0.25, 0.3) is 11.1 Å². The number of likely N-dealkylation sites (tertiary alicyclic amines) is 1. The van der Waals surface area contributed by atoms with E-state index in [0.717, 1.165) is 71.5 Å². The molecule has 2 amide bonds. The number of hydrogen-bond acceptors (Lipinski definition) is 8. The van der Waals surface area contributed by atoms with Crippen molar-refractivity contribution in [1.29, 1.82) is 0 Å². The van der Waals surface area contributed by atoms with E-state index >= 15 is 0 Å². The van der Waals surface area contributed by atoms with Crippen LogP contribution >= 0.6 is 0 Å². The molecule has 3 heterocycles. The van der Waals surface area contributed by atoms with Gasteiger partial charge in [-0.1, -0.05) is 105 Å². The number of carbonyl (C=O) groups is 2. The zero-order valence-corrected chi connectivity index (χ0v) is 30.2. The predicted molar refractivity (Wildman–Crippen MR) is 204 cm³/mol. The second kappa shape index (κ2) is 16.3. The van der Waals surface area contributed by atoms with Crippen molar-refractivity contribution in [2.75, 3.05) is 37.8 Å². The monoisotopic (exact) mass is 716 g/mol. The van der Waals surface area contributed by atoms with Gasteiger partial charge in [0.05, 0.1) is 25.5 Å². The van der Waals surface area contributed by atoms with Gasteiger partial charge in [-0.15, -0.1) is 0 Å². The highest BCUT2D eigenvalue weighted by molar-refractivity contribution is 5.93. The highest BCUT2D eigenvalue weighted by atomic mass is 16.7. The number of para-hydroxylation sites is 1. The lowest BCUT2D eigenvalue weighted by Gasteiger charge is -2.46. The van der Waals surface area contributed by atoms with E-state index in [2.05, 4.69) is 76.4 Å². The molecule has 10 heteroatoms. The van der Waals surface area contributed by atoms with Crippen molar-refractivity contribution >= 4 is 17.7 Å². The summed E-state index contributed by atoms with van der Waals surface area (Å²) in [5, 5.41) is 15.5. The third-order valence-corrected chi connectivity index (χ3v) is 10.9. The van der Waals surface area contributed by atoms with Crippen LogP contribution in [0.2, 0.25) is 0 Å². The summed E-state index contributed by atoms with van der Waals surface area (Å²) in [4.78, 5) is 29.9. The van der Waals surface area contributed by atoms with Gasteiger partial charge in [0.2, 0.25) is 5.91 Å². The number of amides is 2. The minimum Gasteiger partial charge on any atom is -0.445 e. The molecule has 0 unspecified atom stereocenters. The zero-order valence-electron chi connectivity index (χ0n) is 30.2. The van der Waals surface area contributed by atoms with Crippen molar-refractivity contribution in [2.45, 2.75) is 57.0 Å². The smallest absolute Gasteiger partial charge is 0.407 e. The van der Waals surface area contributed by atoms with Crippen molar-refractivity contribution in [2.24, 2.45) is 5.92 Å². The van der Waals surface area contributed by atoms with Gasteiger partial charge < -0.3 is 39.8 Å². The maximum atomic E-state index is 13.3. The van der Waals surface area contributed by atoms with E-state index in [4.69, 9.17) is 14.2 Å². The summed E-state index contributed by atoms with van der Waals surface area (Å²) in [6.07, 6.45) is 1.58. The van der Waals surface area contributed by atoms with Crippen LogP contribution in [-0.4, -0.2) is 66.6 Å². The number of alkyl carbamates (subject to hydrolysis) is 1. The van der Waals surface area contributed by atoms with Crippen molar-refractivity contribution in [1.82, 2.24) is 15.5 Å². The number of nitrogens with one attached hydrogen (secondary N) is 2. The molecule has 1 spiro atoms. The highest BCUT2D eigenvalue weighted by Gasteiger charge is 2.51. The highest BCUT2D eigenvalue weighted by Crippen LogP contribution is 2.43. The molecule has 3 fully saturated rings. The van der Waals surface area contributed by atoms with Gasteiger partial charge in [-0.3, -0.25) is 4.79 Å². The van der Waals surface area contributed by atoms with Crippen molar-refractivity contribution in [3.05, 3.63) is 138 Å². The third-order valence-electron chi connectivity index (χ3n) is 10.9. The second-order valence-corrected chi connectivity index (χ2v) is 14.1. The maximum absolute atomic E-state index is 13.3. The molecular weight excluding hydrogens is 668 g/mol. The Morgan fingerprint density at radius 3 is 2.40 bits per heavy atom. The van der Waals surface area contributed by atoms with E-state index in [-0.39, 0.29) is 37.2 Å². The molecule has 0 saturated carbocycles. The number of aliphatic hydroxyl groups is 1. The van der Waals surface area contributed by atoms with E-state index in [1.165, 1.54) is 6.08 Å². The Morgan fingerprint density at radius 1 is 0.943 bits per heavy atom. The normalized spacial score (nSPS) is 22.7. The first-order valence-corrected chi connectivity index (χ1v) is 18.4. The SMILES string of the molecule is C=CCOC(=O)NCc1cccc(-c2ccc([C@H]3O[C@@H](CN4CCC5(CC4)C(=O)NCN5c4ccccc4)[C@@H](C)[C@@H](c4ccc(CO)cc4)O3)cc2)c1. The van der Waals surface area contributed by atoms with Gasteiger partial charge in [0.15, 0.2) is 6.29 Å². The molecule has 4 aromatic carbocycles. The predicted octanol–water partition coefficient (Wildman–Crippen LogP) is 6.48. The summed E-state index contributed by atoms with van der Waals surface area (Å²) in [6.45, 7) is 9.05. The van der Waals surface area contributed by atoms with Gasteiger partial charge in [-0.05, 0) is 58.9 Å². The number of aliphatic hydroxyl groups excluding tert-OH is 1. The molecular formula is C43H48N4O6. The molecule has 0 aromatic heterocycles. The molecule has 0 radical (unpaired) electrons. The van der Waals surface area contributed by atoms with E-state index in [1.807, 2.05) is 60.7 Å². The molecule has 276 valence electrons. The summed E-state index contributed by atoms with van der Waals surface area (Å²) in [5.41, 5.74) is 6.35. The average Bonchev–Trinajstić information content (AvgIpc) is 3.52. The summed E-state index contributed by atoms with van der Waals surface area (Å²) < 4.78 is 18.6. The van der Waals surface area contributed by atoms with Crippen molar-refractivity contribution in [3.8, 4) is 11.1 Å². The van der Waals surface area contributed by atoms with Crippen LogP contribution in [0.15, 0.2) is 116 Å². The molecule has 7 rings (SSSR count). The van der Waals surface area contributed by atoms with Crippen LogP contribution in [0.5, 0.6) is 0 Å². The van der Waals surface area contributed by atoms with Crippen molar-refractivity contribution in [3.63, 3.8) is 0 Å². The quantitative estimate of drug-likeness (QED) is 0.151. The van der Waals surface area contributed by atoms with Gasteiger partial charge in [0.1, 0.15) is 12.1 Å². The number of rotatable bonds is 11. The third kappa shape index (κ3) is 8.01. The molecule has 53 heavy (non-hydrogen) atoms.